The van der Waals surface area contributed by atoms with Gasteiger partial charge in [0.1, 0.15) is 0 Å². The van der Waals surface area contributed by atoms with Crippen molar-refractivity contribution in [3.05, 3.63) is 24.3 Å². The summed E-state index contributed by atoms with van der Waals surface area (Å²) in [4.78, 5) is 12.2. The number of nitrogens with one attached hydrogen (secondary N) is 2. The lowest BCUT2D eigenvalue weighted by atomic mass is 10.2. The molecule has 1 aromatic rings. The molecule has 1 saturated heterocycles. The highest BCUT2D eigenvalue weighted by Gasteiger charge is 2.27. The third kappa shape index (κ3) is 5.76. The second kappa shape index (κ2) is 7.73. The second-order valence-corrected chi connectivity index (χ2v) is 5.89. The molecule has 1 aromatic carbocycles. The highest BCUT2D eigenvalue weighted by molar-refractivity contribution is 7.99. The van der Waals surface area contributed by atoms with Crippen molar-refractivity contribution in [2.24, 2.45) is 0 Å². The Hall–Kier alpha value is -1.41. The number of amides is 2. The van der Waals surface area contributed by atoms with Gasteiger partial charge in [-0.15, -0.1) is 11.8 Å². The second-order valence-electron chi connectivity index (χ2n) is 4.87. The van der Waals surface area contributed by atoms with E-state index in [0.717, 1.165) is 12.8 Å². The smallest absolute Gasteiger partial charge is 0.376 e. The van der Waals surface area contributed by atoms with Gasteiger partial charge in [0.15, 0.2) is 0 Å². The van der Waals surface area contributed by atoms with Gasteiger partial charge in [-0.1, -0.05) is 12.1 Å². The Balaban J connectivity index is 1.86. The first-order valence-electron chi connectivity index (χ1n) is 6.89. The van der Waals surface area contributed by atoms with Gasteiger partial charge in [0, 0.05) is 18.0 Å². The molecule has 0 spiro atoms. The zero-order valence-corrected chi connectivity index (χ0v) is 12.6. The van der Waals surface area contributed by atoms with Gasteiger partial charge in [-0.25, -0.2) is 4.79 Å². The van der Waals surface area contributed by atoms with Crippen LogP contribution in [0.25, 0.3) is 0 Å². The van der Waals surface area contributed by atoms with Crippen molar-refractivity contribution in [3.8, 4) is 0 Å². The fourth-order valence-electron chi connectivity index (χ4n) is 2.03. The maximum atomic E-state index is 12.3. The summed E-state index contributed by atoms with van der Waals surface area (Å²) in [5.74, 6) is -0.997. The standard InChI is InChI=1S/C14H17F3N2O2S/c15-14(16,17)9-22-12-6-2-1-5-11(12)19-13(20)18-8-10-4-3-7-21-10/h1-2,5-6,10H,3-4,7-9H2,(H2,18,19,20). The SMILES string of the molecule is O=C(NCC1CCCO1)Nc1ccccc1SCC(F)(F)F. The van der Waals surface area contributed by atoms with E-state index >= 15 is 0 Å². The number of carbonyl (C=O) groups is 1. The fourth-order valence-corrected chi connectivity index (χ4v) is 2.80. The molecule has 1 aliphatic rings. The average Bonchev–Trinajstić information content (AvgIpc) is 2.97. The number of urea groups is 1. The Bertz CT molecular complexity index is 505. The molecule has 2 amide bonds. The Morgan fingerprint density at radius 1 is 1.36 bits per heavy atom. The molecule has 2 rings (SSSR count). The highest BCUT2D eigenvalue weighted by Crippen LogP contribution is 2.32. The number of ether oxygens (including phenoxy) is 1. The number of thioether (sulfide) groups is 1. The third-order valence-corrected chi connectivity index (χ3v) is 4.18. The number of para-hydroxylation sites is 1. The van der Waals surface area contributed by atoms with Crippen LogP contribution >= 0.6 is 11.8 Å². The zero-order valence-electron chi connectivity index (χ0n) is 11.8. The number of anilines is 1. The number of rotatable bonds is 5. The van der Waals surface area contributed by atoms with E-state index in [9.17, 15) is 18.0 Å². The van der Waals surface area contributed by atoms with Gasteiger partial charge in [0.25, 0.3) is 0 Å². The first-order valence-corrected chi connectivity index (χ1v) is 7.87. The van der Waals surface area contributed by atoms with E-state index in [2.05, 4.69) is 10.6 Å². The van der Waals surface area contributed by atoms with E-state index in [1.165, 1.54) is 0 Å². The molecule has 1 aliphatic heterocycles. The maximum Gasteiger partial charge on any atom is 0.398 e. The zero-order chi connectivity index (χ0) is 16.0. The first-order chi connectivity index (χ1) is 10.4. The van der Waals surface area contributed by atoms with Gasteiger partial charge in [-0.05, 0) is 25.0 Å². The molecule has 1 unspecified atom stereocenters. The molecule has 0 aromatic heterocycles. The van der Waals surface area contributed by atoms with Crippen LogP contribution in [0.1, 0.15) is 12.8 Å². The monoisotopic (exact) mass is 334 g/mol. The third-order valence-electron chi connectivity index (χ3n) is 3.04. The summed E-state index contributed by atoms with van der Waals surface area (Å²) in [5, 5.41) is 5.24. The molecule has 1 heterocycles. The van der Waals surface area contributed by atoms with Crippen molar-refractivity contribution in [2.75, 3.05) is 24.2 Å². The summed E-state index contributed by atoms with van der Waals surface area (Å²) in [7, 11) is 0. The van der Waals surface area contributed by atoms with Gasteiger partial charge < -0.3 is 15.4 Å². The lowest BCUT2D eigenvalue weighted by Gasteiger charge is -2.14. The number of halogens is 3. The molecule has 8 heteroatoms. The first kappa shape index (κ1) is 17.0. The van der Waals surface area contributed by atoms with Crippen LogP contribution in [-0.2, 0) is 4.74 Å². The fraction of sp³-hybridized carbons (Fsp3) is 0.500. The quantitative estimate of drug-likeness (QED) is 0.808. The summed E-state index contributed by atoms with van der Waals surface area (Å²) in [5.41, 5.74) is 0.363. The van der Waals surface area contributed by atoms with Crippen molar-refractivity contribution < 1.29 is 22.7 Å². The van der Waals surface area contributed by atoms with Gasteiger partial charge in [0.2, 0.25) is 0 Å². The van der Waals surface area contributed by atoms with E-state index in [0.29, 0.717) is 35.5 Å². The van der Waals surface area contributed by atoms with Gasteiger partial charge >= 0.3 is 12.2 Å². The Kier molecular flexibility index (Phi) is 5.96. The molecule has 2 N–H and O–H groups in total. The number of alkyl halides is 3. The molecule has 122 valence electrons. The minimum atomic E-state index is -4.25. The number of hydrogen-bond acceptors (Lipinski definition) is 3. The molecular formula is C14H17F3N2O2S. The average molecular weight is 334 g/mol. The molecule has 22 heavy (non-hydrogen) atoms. The topological polar surface area (TPSA) is 50.4 Å². The van der Waals surface area contributed by atoms with Crippen LogP contribution in [0.5, 0.6) is 0 Å². The molecule has 0 saturated carbocycles. The minimum absolute atomic E-state index is 0.0144. The lowest BCUT2D eigenvalue weighted by Crippen LogP contribution is -2.35. The number of carbonyl (C=O) groups excluding carboxylic acids is 1. The van der Waals surface area contributed by atoms with E-state index in [1.807, 2.05) is 0 Å². The maximum absolute atomic E-state index is 12.3. The highest BCUT2D eigenvalue weighted by atomic mass is 32.2. The number of benzene rings is 1. The van der Waals surface area contributed by atoms with Crippen LogP contribution in [-0.4, -0.2) is 37.2 Å². The number of hydrogen-bond donors (Lipinski definition) is 2. The van der Waals surface area contributed by atoms with Gasteiger partial charge in [-0.2, -0.15) is 13.2 Å². The minimum Gasteiger partial charge on any atom is -0.376 e. The van der Waals surface area contributed by atoms with Crippen LogP contribution in [0.2, 0.25) is 0 Å². The Labute approximate surface area is 130 Å². The molecule has 0 radical (unpaired) electrons. The summed E-state index contributed by atoms with van der Waals surface area (Å²) in [6.45, 7) is 1.09. The van der Waals surface area contributed by atoms with Crippen molar-refractivity contribution in [3.63, 3.8) is 0 Å². The van der Waals surface area contributed by atoms with Crippen molar-refractivity contribution in [2.45, 2.75) is 30.0 Å². The largest absolute Gasteiger partial charge is 0.398 e. The predicted octanol–water partition coefficient (Wildman–Crippen LogP) is 3.64. The van der Waals surface area contributed by atoms with Gasteiger partial charge in [-0.3, -0.25) is 0 Å². The van der Waals surface area contributed by atoms with Crippen LogP contribution in [0.3, 0.4) is 0 Å². The summed E-state index contributed by atoms with van der Waals surface area (Å²) in [6.07, 6.45) is -2.36. The summed E-state index contributed by atoms with van der Waals surface area (Å²) in [6, 6.07) is 5.97. The molecule has 1 fully saturated rings. The van der Waals surface area contributed by atoms with Crippen molar-refractivity contribution in [1.29, 1.82) is 0 Å². The Morgan fingerprint density at radius 2 is 2.14 bits per heavy atom. The molecule has 0 aliphatic carbocycles. The van der Waals surface area contributed by atoms with Crippen LogP contribution in [0, 0.1) is 0 Å². The molecule has 4 nitrogen and oxygen atoms in total. The Morgan fingerprint density at radius 3 is 2.82 bits per heavy atom. The predicted molar refractivity (Wildman–Crippen MR) is 79.2 cm³/mol. The van der Waals surface area contributed by atoms with Crippen LogP contribution in [0.15, 0.2) is 29.2 Å². The van der Waals surface area contributed by atoms with E-state index in [4.69, 9.17) is 4.74 Å². The van der Waals surface area contributed by atoms with Gasteiger partial charge in [0.05, 0.1) is 17.5 Å². The molecule has 1 atom stereocenters. The van der Waals surface area contributed by atoms with Crippen molar-refractivity contribution in [1.82, 2.24) is 5.32 Å². The van der Waals surface area contributed by atoms with E-state index < -0.39 is 18.0 Å². The normalized spacial score (nSPS) is 18.2. The van der Waals surface area contributed by atoms with Crippen molar-refractivity contribution >= 4 is 23.5 Å². The molecule has 0 bridgehead atoms. The molecular weight excluding hydrogens is 317 g/mol. The van der Waals surface area contributed by atoms with E-state index in [1.54, 1.807) is 24.3 Å². The summed E-state index contributed by atoms with van der Waals surface area (Å²) >= 11 is 0.647. The van der Waals surface area contributed by atoms with Crippen LogP contribution < -0.4 is 10.6 Å². The van der Waals surface area contributed by atoms with E-state index in [-0.39, 0.29) is 6.10 Å². The lowest BCUT2D eigenvalue weighted by molar-refractivity contribution is -0.105. The van der Waals surface area contributed by atoms with Crippen LogP contribution in [0.4, 0.5) is 23.7 Å². The summed E-state index contributed by atoms with van der Waals surface area (Å²) < 4.78 is 42.3.